The van der Waals surface area contributed by atoms with Crippen LogP contribution in [0.25, 0.3) is 0 Å². The van der Waals surface area contributed by atoms with Gasteiger partial charge in [0.1, 0.15) is 0 Å². The normalized spacial score (nSPS) is 25.3. The molecule has 3 heteroatoms. The summed E-state index contributed by atoms with van der Waals surface area (Å²) < 4.78 is 4.54. The van der Waals surface area contributed by atoms with E-state index < -0.39 is 12.1 Å². The van der Waals surface area contributed by atoms with Crippen molar-refractivity contribution in [2.75, 3.05) is 0 Å². The second-order valence-corrected chi connectivity index (χ2v) is 1.75. The van der Waals surface area contributed by atoms with Gasteiger partial charge in [0.2, 0.25) is 0 Å². The van der Waals surface area contributed by atoms with Crippen molar-refractivity contribution in [3.8, 4) is 0 Å². The van der Waals surface area contributed by atoms with Gasteiger partial charge in [0.15, 0.2) is 12.4 Å². The second kappa shape index (κ2) is 2.44. The highest BCUT2D eigenvalue weighted by molar-refractivity contribution is 5.84. The number of ether oxygens (including phenoxy) is 1. The van der Waals surface area contributed by atoms with Crippen LogP contribution in [0.4, 0.5) is 0 Å². The molecule has 1 aliphatic rings. The van der Waals surface area contributed by atoms with E-state index >= 15 is 0 Å². The van der Waals surface area contributed by atoms with Crippen molar-refractivity contribution in [2.24, 2.45) is 0 Å². The van der Waals surface area contributed by atoms with Gasteiger partial charge in [-0.15, -0.1) is 0 Å². The van der Waals surface area contributed by atoms with Gasteiger partial charge in [-0.3, -0.25) is 4.79 Å². The average Bonchev–Trinajstić information content (AvgIpc) is 1.88. The number of cyclic esters (lactones) is 1. The fourth-order valence-corrected chi connectivity index (χ4v) is 0.618. The van der Waals surface area contributed by atoms with Crippen molar-refractivity contribution in [2.45, 2.75) is 12.5 Å². The molecule has 0 N–H and O–H groups in total. The van der Waals surface area contributed by atoms with Crippen LogP contribution in [0.2, 0.25) is 0 Å². The first-order valence-electron chi connectivity index (χ1n) is 2.65. The highest BCUT2D eigenvalue weighted by Gasteiger charge is 2.13. The van der Waals surface area contributed by atoms with E-state index in [0.717, 1.165) is 0 Å². The molecule has 1 heterocycles. The Morgan fingerprint density at radius 3 is 3.00 bits per heavy atom. The quantitative estimate of drug-likeness (QED) is 0.368. The summed E-state index contributed by atoms with van der Waals surface area (Å²) in [7, 11) is 0. The van der Waals surface area contributed by atoms with Crippen molar-refractivity contribution < 1.29 is 14.3 Å². The van der Waals surface area contributed by atoms with E-state index in [4.69, 9.17) is 0 Å². The van der Waals surface area contributed by atoms with E-state index in [2.05, 4.69) is 4.74 Å². The maximum atomic E-state index is 10.4. The molecule has 0 radical (unpaired) electrons. The molecule has 0 saturated heterocycles. The summed E-state index contributed by atoms with van der Waals surface area (Å²) in [6.45, 7) is 0. The zero-order valence-corrected chi connectivity index (χ0v) is 4.74. The molecule has 0 fully saturated rings. The highest BCUT2D eigenvalue weighted by Crippen LogP contribution is 2.03. The summed E-state index contributed by atoms with van der Waals surface area (Å²) in [5.74, 6) is -0.432. The summed E-state index contributed by atoms with van der Waals surface area (Å²) in [6, 6.07) is 0. The van der Waals surface area contributed by atoms with Gasteiger partial charge in [-0.1, -0.05) is 6.08 Å². The Labute approximate surface area is 52.3 Å². The SMILES string of the molecule is O=CC1CC=CC(=O)O1. The van der Waals surface area contributed by atoms with E-state index in [9.17, 15) is 9.59 Å². The molecule has 1 aliphatic heterocycles. The number of hydrogen-bond acceptors (Lipinski definition) is 3. The van der Waals surface area contributed by atoms with Gasteiger partial charge in [-0.2, -0.15) is 0 Å². The first-order chi connectivity index (χ1) is 4.33. The average molecular weight is 126 g/mol. The third-order valence-electron chi connectivity index (χ3n) is 1.04. The van der Waals surface area contributed by atoms with Gasteiger partial charge in [0.05, 0.1) is 0 Å². The lowest BCUT2D eigenvalue weighted by molar-refractivity contribution is -0.147. The van der Waals surface area contributed by atoms with Crippen LogP contribution in [-0.2, 0) is 14.3 Å². The summed E-state index contributed by atoms with van der Waals surface area (Å²) in [5, 5.41) is 0. The van der Waals surface area contributed by atoms with Gasteiger partial charge < -0.3 is 4.74 Å². The van der Waals surface area contributed by atoms with Gasteiger partial charge in [-0.25, -0.2) is 4.79 Å². The third kappa shape index (κ3) is 1.38. The Morgan fingerprint density at radius 1 is 1.78 bits per heavy atom. The Hall–Kier alpha value is -1.12. The lowest BCUT2D eigenvalue weighted by Crippen LogP contribution is -2.20. The molecule has 9 heavy (non-hydrogen) atoms. The van der Waals surface area contributed by atoms with Crippen molar-refractivity contribution in [3.63, 3.8) is 0 Å². The smallest absolute Gasteiger partial charge is 0.331 e. The van der Waals surface area contributed by atoms with Crippen LogP contribution in [-0.4, -0.2) is 18.4 Å². The van der Waals surface area contributed by atoms with Crippen LogP contribution < -0.4 is 0 Å². The minimum Gasteiger partial charge on any atom is -0.451 e. The molecule has 0 saturated carbocycles. The van der Waals surface area contributed by atoms with E-state index in [-0.39, 0.29) is 0 Å². The highest BCUT2D eigenvalue weighted by atomic mass is 16.5. The van der Waals surface area contributed by atoms with E-state index in [1.807, 2.05) is 0 Å². The predicted molar refractivity (Wildman–Crippen MR) is 29.7 cm³/mol. The second-order valence-electron chi connectivity index (χ2n) is 1.75. The van der Waals surface area contributed by atoms with Gasteiger partial charge in [0, 0.05) is 12.5 Å². The lowest BCUT2D eigenvalue weighted by Gasteiger charge is -2.10. The summed E-state index contributed by atoms with van der Waals surface area (Å²) in [5.41, 5.74) is 0. The number of rotatable bonds is 1. The van der Waals surface area contributed by atoms with Crippen molar-refractivity contribution in [3.05, 3.63) is 12.2 Å². The van der Waals surface area contributed by atoms with Crippen LogP contribution in [0.3, 0.4) is 0 Å². The first kappa shape index (κ1) is 6.01. The maximum Gasteiger partial charge on any atom is 0.331 e. The lowest BCUT2D eigenvalue weighted by atomic mass is 10.2. The molecule has 0 aromatic carbocycles. The number of carbonyl (C=O) groups is 2. The Kier molecular flexibility index (Phi) is 1.63. The molecule has 1 unspecified atom stereocenters. The van der Waals surface area contributed by atoms with Gasteiger partial charge in [-0.05, 0) is 0 Å². The number of carbonyl (C=O) groups excluding carboxylic acids is 2. The van der Waals surface area contributed by atoms with Gasteiger partial charge >= 0.3 is 5.97 Å². The molecule has 0 amide bonds. The molecular weight excluding hydrogens is 120 g/mol. The fourth-order valence-electron chi connectivity index (χ4n) is 0.618. The minimum atomic E-state index is -0.553. The minimum absolute atomic E-state index is 0.432. The zero-order chi connectivity index (χ0) is 6.69. The summed E-state index contributed by atoms with van der Waals surface area (Å²) in [6.07, 6.45) is 3.53. The molecule has 1 rings (SSSR count). The molecule has 0 spiro atoms. The fraction of sp³-hybridized carbons (Fsp3) is 0.333. The summed E-state index contributed by atoms with van der Waals surface area (Å²) in [4.78, 5) is 20.4. The topological polar surface area (TPSA) is 43.4 Å². The molecule has 0 bridgehead atoms. The molecule has 0 aliphatic carbocycles. The zero-order valence-electron chi connectivity index (χ0n) is 4.74. The van der Waals surface area contributed by atoms with Crippen molar-refractivity contribution in [1.29, 1.82) is 0 Å². The molecule has 1 atom stereocenters. The Bertz CT molecular complexity index is 160. The number of aldehydes is 1. The van der Waals surface area contributed by atoms with Crippen LogP contribution >= 0.6 is 0 Å². The predicted octanol–water partition coefficient (Wildman–Crippen LogP) is 0.0570. The first-order valence-corrected chi connectivity index (χ1v) is 2.65. The number of esters is 1. The number of hydrogen-bond donors (Lipinski definition) is 0. The molecule has 48 valence electrons. The third-order valence-corrected chi connectivity index (χ3v) is 1.04. The maximum absolute atomic E-state index is 10.4. The molecule has 0 aromatic rings. The van der Waals surface area contributed by atoms with Crippen LogP contribution in [0.15, 0.2) is 12.2 Å². The molecular formula is C6H6O3. The molecule has 3 nitrogen and oxygen atoms in total. The van der Waals surface area contributed by atoms with E-state index in [1.165, 1.54) is 6.08 Å². The Morgan fingerprint density at radius 2 is 2.56 bits per heavy atom. The standard InChI is InChI=1S/C6H6O3/c7-4-5-2-1-3-6(8)9-5/h1,3-5H,2H2. The Balaban J connectivity index is 2.56. The van der Waals surface area contributed by atoms with Gasteiger partial charge in [0.25, 0.3) is 0 Å². The van der Waals surface area contributed by atoms with E-state index in [1.54, 1.807) is 6.08 Å². The summed E-state index contributed by atoms with van der Waals surface area (Å²) >= 11 is 0. The van der Waals surface area contributed by atoms with E-state index in [0.29, 0.717) is 12.7 Å². The van der Waals surface area contributed by atoms with Crippen LogP contribution in [0.5, 0.6) is 0 Å². The van der Waals surface area contributed by atoms with Crippen molar-refractivity contribution in [1.82, 2.24) is 0 Å². The van der Waals surface area contributed by atoms with Crippen LogP contribution in [0.1, 0.15) is 6.42 Å². The van der Waals surface area contributed by atoms with Crippen LogP contribution in [0, 0.1) is 0 Å². The largest absolute Gasteiger partial charge is 0.451 e. The van der Waals surface area contributed by atoms with Crippen molar-refractivity contribution >= 4 is 12.3 Å². The monoisotopic (exact) mass is 126 g/mol. The molecule has 0 aromatic heterocycles.